The maximum absolute atomic E-state index is 14.9. The normalized spacial score (nSPS) is 19.7. The number of amides is 1. The predicted octanol–water partition coefficient (Wildman–Crippen LogP) is 4.03. The standard InChI is InChI=1S/C22H21FN4O.C2H6/c1-26-12-17(11-25-26)15-6-7-16(19(23)10-15)13-27-20-5-3-2-4-18(20)22(21(27)28)8-9-24-14-22;1-2/h2-7,10-12,24H,8-9,13-14H2,1H3;1-2H3. The minimum absolute atomic E-state index is 0.0643. The molecular formula is C24H27FN4O. The molecule has 3 heterocycles. The minimum Gasteiger partial charge on any atom is -0.315 e. The quantitative estimate of drug-likeness (QED) is 0.715. The topological polar surface area (TPSA) is 50.2 Å². The summed E-state index contributed by atoms with van der Waals surface area (Å²) in [6, 6.07) is 13.1. The number of rotatable bonds is 3. The zero-order valence-electron chi connectivity index (χ0n) is 17.7. The van der Waals surface area contributed by atoms with Gasteiger partial charge in [-0.05, 0) is 36.2 Å². The summed E-state index contributed by atoms with van der Waals surface area (Å²) in [4.78, 5) is 15.1. The lowest BCUT2D eigenvalue weighted by Crippen LogP contribution is -2.41. The Labute approximate surface area is 176 Å². The molecule has 1 unspecified atom stereocenters. The summed E-state index contributed by atoms with van der Waals surface area (Å²) < 4.78 is 16.6. The molecule has 30 heavy (non-hydrogen) atoms. The van der Waals surface area contributed by atoms with Crippen molar-refractivity contribution in [1.29, 1.82) is 0 Å². The largest absolute Gasteiger partial charge is 0.315 e. The fraction of sp³-hybridized carbons (Fsp3) is 0.333. The number of nitrogens with zero attached hydrogens (tertiary/aromatic N) is 3. The van der Waals surface area contributed by atoms with Crippen LogP contribution in [0.1, 0.15) is 31.4 Å². The molecule has 0 aliphatic carbocycles. The number of aromatic nitrogens is 2. The molecule has 1 amide bonds. The average Bonchev–Trinajstić information content (AvgIpc) is 3.48. The smallest absolute Gasteiger partial charge is 0.239 e. The number of hydrogen-bond acceptors (Lipinski definition) is 3. The van der Waals surface area contributed by atoms with Crippen molar-refractivity contribution in [2.24, 2.45) is 7.05 Å². The Kier molecular flexibility index (Phi) is 5.43. The Hall–Kier alpha value is -2.99. The highest BCUT2D eigenvalue weighted by Crippen LogP contribution is 2.46. The molecule has 5 nitrogen and oxygen atoms in total. The Bertz CT molecular complexity index is 1070. The van der Waals surface area contributed by atoms with Crippen LogP contribution in [0.4, 0.5) is 10.1 Å². The van der Waals surface area contributed by atoms with Crippen LogP contribution < -0.4 is 10.2 Å². The number of aryl methyl sites for hydroxylation is 1. The molecule has 0 radical (unpaired) electrons. The minimum atomic E-state index is -0.511. The number of benzene rings is 2. The van der Waals surface area contributed by atoms with Gasteiger partial charge in [-0.15, -0.1) is 0 Å². The summed E-state index contributed by atoms with van der Waals surface area (Å²) in [7, 11) is 1.83. The molecule has 2 aliphatic rings. The van der Waals surface area contributed by atoms with Crippen LogP contribution in [-0.4, -0.2) is 28.8 Å². The first kappa shape index (κ1) is 20.3. The molecule has 2 aromatic carbocycles. The van der Waals surface area contributed by atoms with E-state index in [0.29, 0.717) is 12.1 Å². The van der Waals surface area contributed by atoms with E-state index in [0.717, 1.165) is 35.3 Å². The fourth-order valence-corrected chi connectivity index (χ4v) is 4.45. The summed E-state index contributed by atoms with van der Waals surface area (Å²) >= 11 is 0. The third-order valence-corrected chi connectivity index (χ3v) is 5.94. The van der Waals surface area contributed by atoms with Gasteiger partial charge in [-0.1, -0.05) is 44.2 Å². The molecule has 1 atom stereocenters. The second-order valence-corrected chi connectivity index (χ2v) is 7.63. The van der Waals surface area contributed by atoms with E-state index in [1.165, 1.54) is 6.07 Å². The van der Waals surface area contributed by atoms with Crippen LogP contribution in [0.5, 0.6) is 0 Å². The average molecular weight is 407 g/mol. The zero-order chi connectivity index (χ0) is 21.3. The first-order valence-corrected chi connectivity index (χ1v) is 10.5. The van der Waals surface area contributed by atoms with Gasteiger partial charge < -0.3 is 10.2 Å². The predicted molar refractivity (Wildman–Crippen MR) is 117 cm³/mol. The van der Waals surface area contributed by atoms with Crippen molar-refractivity contribution < 1.29 is 9.18 Å². The van der Waals surface area contributed by atoms with Gasteiger partial charge in [0.25, 0.3) is 0 Å². The van der Waals surface area contributed by atoms with Crippen LogP contribution in [0.3, 0.4) is 0 Å². The summed E-state index contributed by atoms with van der Waals surface area (Å²) in [5.74, 6) is -0.244. The number of fused-ring (bicyclic) bond motifs is 2. The van der Waals surface area contributed by atoms with E-state index in [4.69, 9.17) is 0 Å². The van der Waals surface area contributed by atoms with E-state index in [1.807, 2.05) is 57.4 Å². The van der Waals surface area contributed by atoms with Crippen molar-refractivity contribution in [2.45, 2.75) is 32.2 Å². The van der Waals surface area contributed by atoms with Crippen LogP contribution in [0.25, 0.3) is 11.1 Å². The number of carbonyl (C=O) groups excluding carboxylic acids is 1. The lowest BCUT2D eigenvalue weighted by Gasteiger charge is -2.23. The van der Waals surface area contributed by atoms with Gasteiger partial charge in [-0.25, -0.2) is 4.39 Å². The van der Waals surface area contributed by atoms with Crippen molar-refractivity contribution in [3.05, 3.63) is 71.8 Å². The molecule has 0 bridgehead atoms. The first-order chi connectivity index (χ1) is 14.6. The number of carbonyl (C=O) groups is 1. The van der Waals surface area contributed by atoms with Gasteiger partial charge in [-0.2, -0.15) is 5.10 Å². The summed E-state index contributed by atoms with van der Waals surface area (Å²) in [5, 5.41) is 7.46. The van der Waals surface area contributed by atoms with Crippen LogP contribution in [-0.2, 0) is 23.8 Å². The molecule has 3 aromatic rings. The second-order valence-electron chi connectivity index (χ2n) is 7.63. The number of anilines is 1. The van der Waals surface area contributed by atoms with E-state index in [1.54, 1.807) is 21.8 Å². The second kappa shape index (κ2) is 8.03. The van der Waals surface area contributed by atoms with Gasteiger partial charge in [0, 0.05) is 36.6 Å². The van der Waals surface area contributed by atoms with Gasteiger partial charge in [-0.3, -0.25) is 9.48 Å². The van der Waals surface area contributed by atoms with Crippen LogP contribution >= 0.6 is 0 Å². The van der Waals surface area contributed by atoms with Gasteiger partial charge in [0.05, 0.1) is 18.2 Å². The zero-order valence-corrected chi connectivity index (χ0v) is 17.7. The molecule has 1 N–H and O–H groups in total. The molecule has 156 valence electrons. The Morgan fingerprint density at radius 1 is 1.17 bits per heavy atom. The lowest BCUT2D eigenvalue weighted by atomic mass is 9.81. The van der Waals surface area contributed by atoms with Gasteiger partial charge in [0.15, 0.2) is 0 Å². The first-order valence-electron chi connectivity index (χ1n) is 10.5. The SMILES string of the molecule is CC.Cn1cc(-c2ccc(CN3C(=O)C4(CCNC4)c4ccccc43)c(F)c2)cn1. The highest BCUT2D eigenvalue weighted by molar-refractivity contribution is 6.08. The van der Waals surface area contributed by atoms with Gasteiger partial charge >= 0.3 is 0 Å². The number of halogens is 1. The third kappa shape index (κ3) is 3.21. The molecule has 1 aromatic heterocycles. The van der Waals surface area contributed by atoms with E-state index in [2.05, 4.69) is 10.4 Å². The van der Waals surface area contributed by atoms with E-state index >= 15 is 0 Å². The third-order valence-electron chi connectivity index (χ3n) is 5.94. The van der Waals surface area contributed by atoms with Crippen molar-refractivity contribution >= 4 is 11.6 Å². The Morgan fingerprint density at radius 3 is 2.63 bits per heavy atom. The van der Waals surface area contributed by atoms with Crippen LogP contribution in [0.2, 0.25) is 0 Å². The number of nitrogens with one attached hydrogen (secondary N) is 1. The van der Waals surface area contributed by atoms with Gasteiger partial charge in [0.1, 0.15) is 5.82 Å². The highest BCUT2D eigenvalue weighted by atomic mass is 19.1. The van der Waals surface area contributed by atoms with Crippen LogP contribution in [0, 0.1) is 5.82 Å². The maximum atomic E-state index is 14.9. The number of hydrogen-bond donors (Lipinski definition) is 1. The number of para-hydroxylation sites is 1. The van der Waals surface area contributed by atoms with Crippen molar-refractivity contribution in [3.63, 3.8) is 0 Å². The van der Waals surface area contributed by atoms with Gasteiger partial charge in [0.2, 0.25) is 5.91 Å². The van der Waals surface area contributed by atoms with Crippen molar-refractivity contribution in [3.8, 4) is 11.1 Å². The van der Waals surface area contributed by atoms with E-state index < -0.39 is 5.41 Å². The molecule has 2 aliphatic heterocycles. The Morgan fingerprint density at radius 2 is 1.97 bits per heavy atom. The molecule has 5 rings (SSSR count). The lowest BCUT2D eigenvalue weighted by molar-refractivity contribution is -0.122. The van der Waals surface area contributed by atoms with E-state index in [9.17, 15) is 9.18 Å². The Balaban J connectivity index is 0.00000106. The van der Waals surface area contributed by atoms with Crippen molar-refractivity contribution in [2.75, 3.05) is 18.0 Å². The van der Waals surface area contributed by atoms with Crippen molar-refractivity contribution in [1.82, 2.24) is 15.1 Å². The summed E-state index contributed by atoms with van der Waals surface area (Å²) in [5.41, 5.74) is 3.59. The maximum Gasteiger partial charge on any atom is 0.239 e. The molecule has 1 spiro atoms. The summed E-state index contributed by atoms with van der Waals surface area (Å²) in [6.07, 6.45) is 4.35. The molecular weight excluding hydrogens is 379 g/mol. The fourth-order valence-electron chi connectivity index (χ4n) is 4.45. The molecule has 1 saturated heterocycles. The molecule has 1 fully saturated rings. The molecule has 6 heteroatoms. The monoisotopic (exact) mass is 406 g/mol. The molecule has 0 saturated carbocycles. The van der Waals surface area contributed by atoms with E-state index in [-0.39, 0.29) is 18.3 Å². The summed E-state index contributed by atoms with van der Waals surface area (Å²) in [6.45, 7) is 5.70. The highest BCUT2D eigenvalue weighted by Gasteiger charge is 2.52. The van der Waals surface area contributed by atoms with Crippen LogP contribution in [0.15, 0.2) is 54.9 Å².